The minimum Gasteiger partial charge on any atom is -0.200 e. The summed E-state index contributed by atoms with van der Waals surface area (Å²) < 4.78 is 62.6. The minimum atomic E-state index is -2.12. The molecule has 0 saturated carbocycles. The van der Waals surface area contributed by atoms with Gasteiger partial charge < -0.3 is 0 Å². The van der Waals surface area contributed by atoms with Crippen molar-refractivity contribution in [1.82, 2.24) is 0 Å². The van der Waals surface area contributed by atoms with Gasteiger partial charge in [-0.25, -0.2) is 13.2 Å². The first-order chi connectivity index (χ1) is 6.00. The number of hydrogen-bond donors (Lipinski definition) is 0. The third kappa shape index (κ3) is 1.50. The molecule has 72 valence electrons. The van der Waals surface area contributed by atoms with E-state index in [2.05, 4.69) is 0 Å². The van der Waals surface area contributed by atoms with Crippen LogP contribution in [0.1, 0.15) is 0 Å². The van der Waals surface area contributed by atoms with Crippen LogP contribution in [-0.2, 0) is 11.8 Å². The molecule has 0 atom stereocenters. The van der Waals surface area contributed by atoms with E-state index in [1.807, 2.05) is 0 Å². The predicted octanol–water partition coefficient (Wildman–Crippen LogP) is 2.19. The second kappa shape index (κ2) is 3.53. The molecule has 0 nitrogen and oxygen atoms in total. The van der Waals surface area contributed by atoms with E-state index in [0.717, 1.165) is 0 Å². The van der Waals surface area contributed by atoms with Crippen LogP contribution in [0.5, 0.6) is 0 Å². The molecule has 1 aromatic carbocycles. The molecule has 13 heavy (non-hydrogen) atoms. The molecule has 0 spiro atoms. The molecule has 0 aliphatic heterocycles. The van der Waals surface area contributed by atoms with Crippen molar-refractivity contribution < 1.29 is 22.0 Å². The highest BCUT2D eigenvalue weighted by molar-refractivity contribution is 7.77. The molecule has 0 bridgehead atoms. The van der Waals surface area contributed by atoms with Crippen molar-refractivity contribution in [2.75, 3.05) is 6.26 Å². The topological polar surface area (TPSA) is 0 Å². The maximum Gasteiger partial charge on any atom is 0.230 e. The average Bonchev–Trinajstić information content (AvgIpc) is 2.13. The van der Waals surface area contributed by atoms with Gasteiger partial charge in [0.05, 0.1) is 0 Å². The second-order valence-electron chi connectivity index (χ2n) is 2.14. The van der Waals surface area contributed by atoms with Gasteiger partial charge in [-0.3, -0.25) is 0 Å². The molecule has 0 unspecified atom stereocenters. The first kappa shape index (κ1) is 10.3. The van der Waals surface area contributed by atoms with Gasteiger partial charge in [0.1, 0.15) is 6.26 Å². The molecule has 0 saturated heterocycles. The fourth-order valence-corrected chi connectivity index (χ4v) is 1.38. The third-order valence-electron chi connectivity index (χ3n) is 1.41. The SMILES string of the molecule is C[SH+]c1c(F)c(F)c(F)c(F)c1F. The summed E-state index contributed by atoms with van der Waals surface area (Å²) in [6, 6.07) is 0. The van der Waals surface area contributed by atoms with Gasteiger partial charge in [-0.15, -0.1) is 0 Å². The molecular weight excluding hydrogens is 211 g/mol. The van der Waals surface area contributed by atoms with Gasteiger partial charge in [0.15, 0.2) is 0 Å². The summed E-state index contributed by atoms with van der Waals surface area (Å²) in [5, 5.41) is 0. The van der Waals surface area contributed by atoms with Gasteiger partial charge >= 0.3 is 0 Å². The summed E-state index contributed by atoms with van der Waals surface area (Å²) in [5.74, 6) is -9.45. The number of halogens is 5. The summed E-state index contributed by atoms with van der Waals surface area (Å²) in [6.45, 7) is 0. The van der Waals surface area contributed by atoms with Crippen LogP contribution in [0.3, 0.4) is 0 Å². The minimum absolute atomic E-state index is 0.00870. The smallest absolute Gasteiger partial charge is 0.200 e. The maximum absolute atomic E-state index is 12.7. The van der Waals surface area contributed by atoms with Crippen molar-refractivity contribution in [2.45, 2.75) is 4.90 Å². The maximum atomic E-state index is 12.7. The molecular formula is C7H4F5S+. The van der Waals surface area contributed by atoms with Crippen LogP contribution < -0.4 is 0 Å². The largest absolute Gasteiger partial charge is 0.230 e. The lowest BCUT2D eigenvalue weighted by Gasteiger charge is -1.99. The lowest BCUT2D eigenvalue weighted by atomic mass is 10.3. The first-order valence-electron chi connectivity index (χ1n) is 3.12. The van der Waals surface area contributed by atoms with Crippen LogP contribution in [0.2, 0.25) is 0 Å². The van der Waals surface area contributed by atoms with Gasteiger partial charge in [0.2, 0.25) is 34.0 Å². The van der Waals surface area contributed by atoms with Gasteiger partial charge in [-0.05, 0) is 0 Å². The van der Waals surface area contributed by atoms with E-state index in [9.17, 15) is 22.0 Å². The van der Waals surface area contributed by atoms with Crippen LogP contribution in [0.25, 0.3) is 0 Å². The molecule has 0 heterocycles. The number of rotatable bonds is 1. The van der Waals surface area contributed by atoms with E-state index < -0.39 is 34.0 Å². The average molecular weight is 215 g/mol. The Morgan fingerprint density at radius 3 is 1.31 bits per heavy atom. The molecule has 1 rings (SSSR count). The van der Waals surface area contributed by atoms with Crippen molar-refractivity contribution in [3.63, 3.8) is 0 Å². The molecule has 0 radical (unpaired) electrons. The lowest BCUT2D eigenvalue weighted by molar-refractivity contribution is 0.361. The number of hydrogen-bond acceptors (Lipinski definition) is 0. The normalized spacial score (nSPS) is 10.6. The molecule has 0 aromatic heterocycles. The monoisotopic (exact) mass is 215 g/mol. The molecule has 0 N–H and O–H groups in total. The first-order valence-corrected chi connectivity index (χ1v) is 4.46. The van der Waals surface area contributed by atoms with Crippen molar-refractivity contribution in [2.24, 2.45) is 0 Å². The molecule has 0 amide bonds. The highest BCUT2D eigenvalue weighted by Crippen LogP contribution is 2.23. The van der Waals surface area contributed by atoms with Gasteiger partial charge in [-0.2, -0.15) is 8.78 Å². The van der Waals surface area contributed by atoms with Crippen LogP contribution in [0.15, 0.2) is 4.90 Å². The summed E-state index contributed by atoms with van der Waals surface area (Å²) in [5.41, 5.74) is 0. The molecule has 0 aliphatic carbocycles. The molecule has 0 fully saturated rings. The predicted molar refractivity (Wildman–Crippen MR) is 39.2 cm³/mol. The Morgan fingerprint density at radius 1 is 0.692 bits per heavy atom. The summed E-state index contributed by atoms with van der Waals surface area (Å²) >= 11 is -0.00870. The highest BCUT2D eigenvalue weighted by atomic mass is 32.2. The van der Waals surface area contributed by atoms with Crippen LogP contribution in [0, 0.1) is 29.1 Å². The van der Waals surface area contributed by atoms with Crippen molar-refractivity contribution in [3.05, 3.63) is 29.1 Å². The fourth-order valence-electron chi connectivity index (χ4n) is 0.790. The van der Waals surface area contributed by atoms with Crippen molar-refractivity contribution in [3.8, 4) is 0 Å². The summed E-state index contributed by atoms with van der Waals surface area (Å²) in [7, 11) is 0. The third-order valence-corrected chi connectivity index (χ3v) is 2.25. The summed E-state index contributed by atoms with van der Waals surface area (Å²) in [4.78, 5) is -0.809. The quantitative estimate of drug-likeness (QED) is 0.221. The second-order valence-corrected chi connectivity index (χ2v) is 3.04. The Balaban J connectivity index is 3.56. The standard InChI is InChI=1S/C7H3F5S/c1-13-7-5(11)3(9)2(8)4(10)6(7)12/h1H3/p+1. The zero-order valence-electron chi connectivity index (χ0n) is 6.34. The molecule has 6 heteroatoms. The van der Waals surface area contributed by atoms with E-state index in [-0.39, 0.29) is 11.8 Å². The Bertz CT molecular complexity index is 320. The zero-order valence-corrected chi connectivity index (χ0v) is 7.23. The number of thiol groups is 1. The van der Waals surface area contributed by atoms with Gasteiger partial charge in [-0.1, -0.05) is 0 Å². The van der Waals surface area contributed by atoms with E-state index in [1.165, 1.54) is 6.26 Å². The van der Waals surface area contributed by atoms with Gasteiger partial charge in [0.25, 0.3) is 0 Å². The van der Waals surface area contributed by atoms with Crippen LogP contribution in [0.4, 0.5) is 22.0 Å². The van der Waals surface area contributed by atoms with E-state index in [4.69, 9.17) is 0 Å². The van der Waals surface area contributed by atoms with Crippen LogP contribution >= 0.6 is 0 Å². The zero-order chi connectivity index (χ0) is 10.2. The van der Waals surface area contributed by atoms with E-state index in [0.29, 0.717) is 0 Å². The highest BCUT2D eigenvalue weighted by Gasteiger charge is 2.29. The van der Waals surface area contributed by atoms with Gasteiger partial charge in [0, 0.05) is 11.8 Å². The Labute approximate surface area is 74.7 Å². The van der Waals surface area contributed by atoms with E-state index in [1.54, 1.807) is 0 Å². The number of benzene rings is 1. The lowest BCUT2D eigenvalue weighted by Crippen LogP contribution is -2.05. The Morgan fingerprint density at radius 2 is 1.00 bits per heavy atom. The molecule has 1 aromatic rings. The fraction of sp³-hybridized carbons (Fsp3) is 0.143. The summed E-state index contributed by atoms with van der Waals surface area (Å²) in [6.07, 6.45) is 1.28. The van der Waals surface area contributed by atoms with E-state index >= 15 is 0 Å². The molecule has 0 aliphatic rings. The Hall–Kier alpha value is -0.780. The Kier molecular flexibility index (Phi) is 2.80. The van der Waals surface area contributed by atoms with Crippen molar-refractivity contribution in [1.29, 1.82) is 0 Å². The van der Waals surface area contributed by atoms with Crippen LogP contribution in [-0.4, -0.2) is 6.26 Å². The van der Waals surface area contributed by atoms with Crippen molar-refractivity contribution >= 4 is 11.8 Å².